The van der Waals surface area contributed by atoms with Gasteiger partial charge in [-0.25, -0.2) is 0 Å². The monoisotopic (exact) mass is 258 g/mol. The van der Waals surface area contributed by atoms with Crippen LogP contribution in [-0.2, 0) is 4.79 Å². The molecule has 0 saturated carbocycles. The number of aromatic nitrogens is 1. The predicted molar refractivity (Wildman–Crippen MR) is 77.7 cm³/mol. The van der Waals surface area contributed by atoms with Crippen LogP contribution in [0.2, 0.25) is 0 Å². The van der Waals surface area contributed by atoms with Crippen molar-refractivity contribution < 1.29 is 4.79 Å². The third-order valence-corrected chi connectivity index (χ3v) is 3.73. The van der Waals surface area contributed by atoms with Crippen molar-refractivity contribution in [2.45, 2.75) is 39.5 Å². The molecule has 1 aliphatic rings. The van der Waals surface area contributed by atoms with E-state index in [0.29, 0.717) is 6.42 Å². The Bertz CT molecular complexity index is 505. The maximum atomic E-state index is 11.2. The smallest absolute Gasteiger partial charge is 0.130 e. The molecule has 0 spiro atoms. The molecule has 0 fully saturated rings. The van der Waals surface area contributed by atoms with Crippen LogP contribution in [0.5, 0.6) is 0 Å². The highest BCUT2D eigenvalue weighted by Gasteiger charge is 2.20. The van der Waals surface area contributed by atoms with E-state index in [1.807, 2.05) is 19.2 Å². The molecule has 0 radical (unpaired) electrons. The minimum Gasteiger partial charge on any atom is -0.374 e. The highest BCUT2D eigenvalue weighted by Crippen LogP contribution is 2.32. The first-order valence-corrected chi connectivity index (χ1v) is 6.94. The van der Waals surface area contributed by atoms with E-state index < -0.39 is 0 Å². The summed E-state index contributed by atoms with van der Waals surface area (Å²) in [6, 6.07) is 4.12. The minimum absolute atomic E-state index is 0.267. The first kappa shape index (κ1) is 13.8. The Hall–Kier alpha value is -1.64. The van der Waals surface area contributed by atoms with Crippen molar-refractivity contribution in [2.75, 3.05) is 13.6 Å². The Balaban J connectivity index is 2.39. The van der Waals surface area contributed by atoms with Gasteiger partial charge in [0.15, 0.2) is 0 Å². The molecule has 3 heteroatoms. The maximum absolute atomic E-state index is 11.2. The van der Waals surface area contributed by atoms with Gasteiger partial charge in [-0.05, 0) is 50.8 Å². The lowest BCUT2D eigenvalue weighted by Crippen LogP contribution is -2.24. The molecule has 0 atom stereocenters. The van der Waals surface area contributed by atoms with Crippen LogP contribution in [0.15, 0.2) is 23.9 Å². The van der Waals surface area contributed by atoms with E-state index in [2.05, 4.69) is 23.0 Å². The van der Waals surface area contributed by atoms with Crippen LogP contribution in [0.4, 0.5) is 0 Å². The van der Waals surface area contributed by atoms with Crippen LogP contribution in [0.1, 0.15) is 43.9 Å². The van der Waals surface area contributed by atoms with Crippen LogP contribution in [0.3, 0.4) is 0 Å². The lowest BCUT2D eigenvalue weighted by molar-refractivity contribution is -0.116. The van der Waals surface area contributed by atoms with E-state index in [1.54, 1.807) is 6.92 Å². The number of hydrogen-bond acceptors (Lipinski definition) is 3. The number of pyridine rings is 1. The summed E-state index contributed by atoms with van der Waals surface area (Å²) in [5.74, 6) is 0.267. The van der Waals surface area contributed by atoms with Gasteiger partial charge in [0.1, 0.15) is 5.78 Å². The zero-order valence-corrected chi connectivity index (χ0v) is 12.1. The van der Waals surface area contributed by atoms with E-state index in [1.165, 1.54) is 23.3 Å². The van der Waals surface area contributed by atoms with Gasteiger partial charge >= 0.3 is 0 Å². The van der Waals surface area contributed by atoms with Crippen molar-refractivity contribution in [1.82, 2.24) is 9.88 Å². The molecule has 0 bridgehead atoms. The van der Waals surface area contributed by atoms with Crippen LogP contribution < -0.4 is 0 Å². The van der Waals surface area contributed by atoms with Crippen LogP contribution in [0, 0.1) is 6.92 Å². The Morgan fingerprint density at radius 3 is 2.95 bits per heavy atom. The maximum Gasteiger partial charge on any atom is 0.130 e. The molecule has 0 unspecified atom stereocenters. The zero-order chi connectivity index (χ0) is 13.8. The van der Waals surface area contributed by atoms with Crippen molar-refractivity contribution in [3.05, 3.63) is 35.2 Å². The largest absolute Gasteiger partial charge is 0.374 e. The Labute approximate surface area is 115 Å². The zero-order valence-electron chi connectivity index (χ0n) is 12.1. The number of carbonyl (C=O) groups excluding carboxylic acids is 1. The van der Waals surface area contributed by atoms with Gasteiger partial charge in [-0.15, -0.1) is 0 Å². The topological polar surface area (TPSA) is 33.2 Å². The lowest BCUT2D eigenvalue weighted by Gasteiger charge is -2.31. The molecule has 0 N–H and O–H groups in total. The summed E-state index contributed by atoms with van der Waals surface area (Å²) < 4.78 is 0. The molecule has 1 aliphatic heterocycles. The van der Waals surface area contributed by atoms with Gasteiger partial charge in [0.2, 0.25) is 0 Å². The molecule has 1 aromatic rings. The number of ketones is 1. The minimum atomic E-state index is 0.267. The molecule has 0 saturated heterocycles. The predicted octanol–water partition coefficient (Wildman–Crippen LogP) is 3.20. The molecule has 19 heavy (non-hydrogen) atoms. The molecular formula is C16H22N2O. The second kappa shape index (κ2) is 6.00. The van der Waals surface area contributed by atoms with Gasteiger partial charge in [-0.2, -0.15) is 0 Å². The normalized spacial score (nSPS) is 15.8. The number of hydrogen-bond donors (Lipinski definition) is 0. The first-order valence-electron chi connectivity index (χ1n) is 6.94. The Morgan fingerprint density at radius 1 is 1.47 bits per heavy atom. The summed E-state index contributed by atoms with van der Waals surface area (Å²) in [7, 11) is 2.13. The summed E-state index contributed by atoms with van der Waals surface area (Å²) >= 11 is 0. The molecule has 2 rings (SSSR count). The highest BCUT2D eigenvalue weighted by atomic mass is 16.1. The van der Waals surface area contributed by atoms with Crippen molar-refractivity contribution in [3.63, 3.8) is 0 Å². The average Bonchev–Trinajstić information content (AvgIpc) is 2.37. The van der Waals surface area contributed by atoms with Crippen LogP contribution in [0.25, 0.3) is 5.70 Å². The van der Waals surface area contributed by atoms with Crippen molar-refractivity contribution >= 4 is 11.5 Å². The summed E-state index contributed by atoms with van der Waals surface area (Å²) in [4.78, 5) is 17.9. The average molecular weight is 258 g/mol. The first-order chi connectivity index (χ1) is 9.09. The van der Waals surface area contributed by atoms with Crippen molar-refractivity contribution in [1.29, 1.82) is 0 Å². The van der Waals surface area contributed by atoms with Crippen molar-refractivity contribution in [2.24, 2.45) is 0 Å². The Kier molecular flexibility index (Phi) is 4.35. The molecular weight excluding hydrogens is 236 g/mol. The number of allylic oxidation sites excluding steroid dienone is 1. The number of nitrogens with zero attached hydrogens (tertiary/aromatic N) is 2. The van der Waals surface area contributed by atoms with Gasteiger partial charge in [-0.3, -0.25) is 4.98 Å². The molecule has 3 nitrogen and oxygen atoms in total. The second-order valence-electron chi connectivity index (χ2n) is 5.32. The molecule has 102 valence electrons. The van der Waals surface area contributed by atoms with Gasteiger partial charge in [0, 0.05) is 43.2 Å². The van der Waals surface area contributed by atoms with Gasteiger partial charge in [-0.1, -0.05) is 0 Å². The van der Waals surface area contributed by atoms with Gasteiger partial charge in [0.05, 0.1) is 0 Å². The van der Waals surface area contributed by atoms with E-state index >= 15 is 0 Å². The number of carbonyl (C=O) groups is 1. The summed E-state index contributed by atoms with van der Waals surface area (Å²) in [5.41, 5.74) is 4.97. The summed E-state index contributed by atoms with van der Waals surface area (Å²) in [5, 5.41) is 0. The quantitative estimate of drug-likeness (QED) is 0.831. The molecule has 0 aliphatic carbocycles. The fourth-order valence-electron chi connectivity index (χ4n) is 2.73. The number of aryl methyl sites for hydroxylation is 1. The van der Waals surface area contributed by atoms with Crippen molar-refractivity contribution in [3.8, 4) is 0 Å². The molecule has 1 aromatic heterocycles. The molecule has 0 aromatic carbocycles. The number of Topliss-reactive ketones (excluding diaryl/α,β-unsaturated/α-hetero) is 1. The summed E-state index contributed by atoms with van der Waals surface area (Å²) in [6.07, 6.45) is 5.63. The van der Waals surface area contributed by atoms with E-state index in [4.69, 9.17) is 0 Å². The second-order valence-corrected chi connectivity index (χ2v) is 5.32. The van der Waals surface area contributed by atoms with Gasteiger partial charge in [0.25, 0.3) is 0 Å². The van der Waals surface area contributed by atoms with Crippen LogP contribution in [-0.4, -0.2) is 29.3 Å². The lowest BCUT2D eigenvalue weighted by atomic mass is 9.93. The standard InChI is InChI=1S/C16H22N2O/c1-12(19)8-9-14-6-5-11-18(3)16(14)15-7-4-10-17-13(15)2/h4,7,10H,5-6,8-9,11H2,1-3H3. The van der Waals surface area contributed by atoms with E-state index in [-0.39, 0.29) is 5.78 Å². The molecule has 0 amide bonds. The third-order valence-electron chi connectivity index (χ3n) is 3.73. The summed E-state index contributed by atoms with van der Waals surface area (Å²) in [6.45, 7) is 4.79. The van der Waals surface area contributed by atoms with Gasteiger partial charge < -0.3 is 9.69 Å². The highest BCUT2D eigenvalue weighted by molar-refractivity contribution is 5.77. The van der Waals surface area contributed by atoms with E-state index in [0.717, 1.165) is 25.1 Å². The SMILES string of the molecule is CC(=O)CCC1=C(c2cccnc2C)N(C)CCC1. The van der Waals surface area contributed by atoms with E-state index in [9.17, 15) is 4.79 Å². The third kappa shape index (κ3) is 3.22. The fraction of sp³-hybridized carbons (Fsp3) is 0.500. The Morgan fingerprint density at radius 2 is 2.26 bits per heavy atom. The number of rotatable bonds is 4. The fourth-order valence-corrected chi connectivity index (χ4v) is 2.73. The molecule has 2 heterocycles. The van der Waals surface area contributed by atoms with Crippen LogP contribution >= 0.6 is 0 Å².